The van der Waals surface area contributed by atoms with Crippen molar-refractivity contribution in [1.29, 1.82) is 0 Å². The minimum absolute atomic E-state index is 0.336. The molecule has 2 rings (SSSR count). The summed E-state index contributed by atoms with van der Waals surface area (Å²) in [5.41, 5.74) is 3.47. The van der Waals surface area contributed by atoms with Crippen LogP contribution in [-0.2, 0) is 6.42 Å². The van der Waals surface area contributed by atoms with E-state index in [2.05, 4.69) is 54.4 Å². The van der Waals surface area contributed by atoms with Crippen molar-refractivity contribution >= 4 is 0 Å². The summed E-state index contributed by atoms with van der Waals surface area (Å²) in [4.78, 5) is 0. The number of benzene rings is 1. The van der Waals surface area contributed by atoms with Gasteiger partial charge in [-0.05, 0) is 25.0 Å². The minimum atomic E-state index is 0.336. The summed E-state index contributed by atoms with van der Waals surface area (Å²) < 4.78 is 0. The number of hydrogen-bond donors (Lipinski definition) is 1. The summed E-state index contributed by atoms with van der Waals surface area (Å²) in [6.45, 7) is 6.00. The molecule has 0 amide bonds. The molecule has 0 saturated heterocycles. The lowest BCUT2D eigenvalue weighted by atomic mass is 9.98. The zero-order chi connectivity index (χ0) is 10.7. The Bertz CT molecular complexity index is 417. The van der Waals surface area contributed by atoms with Crippen molar-refractivity contribution in [3.8, 4) is 0 Å². The van der Waals surface area contributed by atoms with Crippen molar-refractivity contribution in [3.63, 3.8) is 0 Å². The number of hydrogen-bond acceptors (Lipinski definition) is 1. The Hall–Kier alpha value is -1.57. The molecule has 0 aliphatic rings. The maximum atomic E-state index is 4.30. The summed E-state index contributed by atoms with van der Waals surface area (Å²) in [5, 5.41) is 7.29. The molecule has 2 nitrogen and oxygen atoms in total. The van der Waals surface area contributed by atoms with Gasteiger partial charge in [-0.1, -0.05) is 37.3 Å². The van der Waals surface area contributed by atoms with Gasteiger partial charge in [0.2, 0.25) is 0 Å². The van der Waals surface area contributed by atoms with Gasteiger partial charge < -0.3 is 0 Å². The second kappa shape index (κ2) is 4.30. The first-order chi connectivity index (χ1) is 7.31. The molecule has 1 unspecified atom stereocenters. The zero-order valence-electron chi connectivity index (χ0n) is 8.90. The molecule has 0 aliphatic heterocycles. The maximum Gasteiger partial charge on any atom is 0.0696 e. The number of H-pyrrole nitrogens is 1. The van der Waals surface area contributed by atoms with E-state index in [1.165, 1.54) is 5.56 Å². The van der Waals surface area contributed by atoms with E-state index in [1.54, 1.807) is 0 Å². The van der Waals surface area contributed by atoms with Crippen molar-refractivity contribution in [2.24, 2.45) is 0 Å². The average molecular weight is 199 g/mol. The maximum absolute atomic E-state index is 4.30. The van der Waals surface area contributed by atoms with Crippen molar-refractivity contribution in [3.05, 3.63) is 60.3 Å². The Morgan fingerprint density at radius 3 is 2.67 bits per heavy atom. The molecular formula is C13H15N2. The average Bonchev–Trinajstić information content (AvgIpc) is 2.78. The summed E-state index contributed by atoms with van der Waals surface area (Å²) in [6.07, 6.45) is 0.758. The first-order valence-corrected chi connectivity index (χ1v) is 5.19. The van der Waals surface area contributed by atoms with Crippen LogP contribution >= 0.6 is 0 Å². The third-order valence-electron chi connectivity index (χ3n) is 2.66. The Labute approximate surface area is 90.3 Å². The number of rotatable bonds is 3. The van der Waals surface area contributed by atoms with Crippen molar-refractivity contribution in [1.82, 2.24) is 10.2 Å². The lowest BCUT2D eigenvalue weighted by Gasteiger charge is -2.07. The van der Waals surface area contributed by atoms with Crippen molar-refractivity contribution in [2.75, 3.05) is 0 Å². The van der Waals surface area contributed by atoms with Crippen LogP contribution in [0.5, 0.6) is 0 Å². The summed E-state index contributed by atoms with van der Waals surface area (Å²) >= 11 is 0. The molecule has 77 valence electrons. The van der Waals surface area contributed by atoms with Crippen LogP contribution in [0.3, 0.4) is 0 Å². The molecule has 2 aromatic rings. The molecule has 1 heterocycles. The molecule has 0 saturated carbocycles. The van der Waals surface area contributed by atoms with E-state index >= 15 is 0 Å². The molecule has 1 atom stereocenters. The zero-order valence-corrected chi connectivity index (χ0v) is 8.90. The topological polar surface area (TPSA) is 28.7 Å². The second-order valence-electron chi connectivity index (χ2n) is 3.70. The smallest absolute Gasteiger partial charge is 0.0696 e. The van der Waals surface area contributed by atoms with Crippen LogP contribution in [0.25, 0.3) is 0 Å². The van der Waals surface area contributed by atoms with Gasteiger partial charge >= 0.3 is 0 Å². The lowest BCUT2D eigenvalue weighted by Crippen LogP contribution is -1.95. The number of nitrogens with zero attached hydrogens (tertiary/aromatic N) is 1. The predicted octanol–water partition coefficient (Wildman–Crippen LogP) is 2.94. The largest absolute Gasteiger partial charge is 0.282 e. The number of nitrogens with one attached hydrogen (secondary N) is 1. The standard InChI is InChI=1S/C13H15N2/c1-3-12-9-13(15-14-12)10(2)11-7-5-4-6-8-11/h4-10H,1,3H2,2H3,(H,14,15). The summed E-state index contributed by atoms with van der Waals surface area (Å²) in [7, 11) is 0. The first kappa shape index (κ1) is 9.97. The minimum Gasteiger partial charge on any atom is -0.282 e. The first-order valence-electron chi connectivity index (χ1n) is 5.19. The normalized spacial score (nSPS) is 12.7. The SMILES string of the molecule is [CH2]Cc1cc(C(C)c2ccccc2)n[nH]1. The number of aromatic nitrogens is 2. The highest BCUT2D eigenvalue weighted by molar-refractivity contribution is 5.28. The van der Waals surface area contributed by atoms with Crippen LogP contribution in [0.2, 0.25) is 0 Å². The number of aromatic amines is 1. The highest BCUT2D eigenvalue weighted by Crippen LogP contribution is 2.22. The highest BCUT2D eigenvalue weighted by atomic mass is 15.1. The lowest BCUT2D eigenvalue weighted by molar-refractivity contribution is 0.850. The third-order valence-corrected chi connectivity index (χ3v) is 2.66. The summed E-state index contributed by atoms with van der Waals surface area (Å²) in [5.74, 6) is 0.336. The van der Waals surface area contributed by atoms with Gasteiger partial charge in [-0.2, -0.15) is 5.10 Å². The van der Waals surface area contributed by atoms with Crippen LogP contribution in [0.4, 0.5) is 0 Å². The molecule has 1 radical (unpaired) electrons. The van der Waals surface area contributed by atoms with E-state index in [9.17, 15) is 0 Å². The Morgan fingerprint density at radius 1 is 1.33 bits per heavy atom. The third kappa shape index (κ3) is 2.09. The van der Waals surface area contributed by atoms with Crippen LogP contribution in [0.1, 0.15) is 29.8 Å². The second-order valence-corrected chi connectivity index (χ2v) is 3.70. The molecule has 1 N–H and O–H groups in total. The van der Waals surface area contributed by atoms with E-state index in [0.717, 1.165) is 17.8 Å². The van der Waals surface area contributed by atoms with E-state index in [4.69, 9.17) is 0 Å². The fraction of sp³-hybridized carbons (Fsp3) is 0.231. The molecular weight excluding hydrogens is 184 g/mol. The van der Waals surface area contributed by atoms with Gasteiger partial charge in [0, 0.05) is 11.6 Å². The van der Waals surface area contributed by atoms with E-state index < -0.39 is 0 Å². The van der Waals surface area contributed by atoms with Gasteiger partial charge in [-0.15, -0.1) is 0 Å². The van der Waals surface area contributed by atoms with Crippen LogP contribution in [-0.4, -0.2) is 10.2 Å². The fourth-order valence-corrected chi connectivity index (χ4v) is 1.64. The fourth-order valence-electron chi connectivity index (χ4n) is 1.64. The van der Waals surface area contributed by atoms with Gasteiger partial charge in [0.15, 0.2) is 0 Å². The van der Waals surface area contributed by atoms with Gasteiger partial charge in [-0.3, -0.25) is 5.10 Å². The van der Waals surface area contributed by atoms with Gasteiger partial charge in [0.1, 0.15) is 0 Å². The van der Waals surface area contributed by atoms with Gasteiger partial charge in [0.25, 0.3) is 0 Å². The highest BCUT2D eigenvalue weighted by Gasteiger charge is 2.10. The molecule has 1 aromatic heterocycles. The Morgan fingerprint density at radius 2 is 2.07 bits per heavy atom. The Kier molecular flexibility index (Phi) is 2.86. The van der Waals surface area contributed by atoms with Gasteiger partial charge in [-0.25, -0.2) is 0 Å². The van der Waals surface area contributed by atoms with Crippen LogP contribution in [0.15, 0.2) is 36.4 Å². The molecule has 15 heavy (non-hydrogen) atoms. The van der Waals surface area contributed by atoms with Gasteiger partial charge in [0.05, 0.1) is 5.69 Å². The molecule has 2 heteroatoms. The molecule has 1 aromatic carbocycles. The molecule has 0 fully saturated rings. The Balaban J connectivity index is 2.24. The van der Waals surface area contributed by atoms with E-state index in [1.807, 2.05) is 6.07 Å². The molecule has 0 spiro atoms. The molecule has 0 bridgehead atoms. The van der Waals surface area contributed by atoms with E-state index in [0.29, 0.717) is 5.92 Å². The van der Waals surface area contributed by atoms with Crippen LogP contribution in [0, 0.1) is 6.92 Å². The summed E-state index contributed by atoms with van der Waals surface area (Å²) in [6, 6.07) is 12.5. The van der Waals surface area contributed by atoms with Crippen molar-refractivity contribution < 1.29 is 0 Å². The predicted molar refractivity (Wildman–Crippen MR) is 61.6 cm³/mol. The van der Waals surface area contributed by atoms with Crippen molar-refractivity contribution in [2.45, 2.75) is 19.3 Å². The quantitative estimate of drug-likeness (QED) is 0.809. The molecule has 0 aliphatic carbocycles. The monoisotopic (exact) mass is 199 g/mol. The van der Waals surface area contributed by atoms with E-state index in [-0.39, 0.29) is 0 Å². The van der Waals surface area contributed by atoms with Crippen LogP contribution < -0.4 is 0 Å².